The lowest BCUT2D eigenvalue weighted by Crippen LogP contribution is -2.61. The van der Waals surface area contributed by atoms with Crippen LogP contribution in [-0.2, 0) is 9.53 Å². The van der Waals surface area contributed by atoms with Crippen molar-refractivity contribution in [3.05, 3.63) is 29.8 Å². The van der Waals surface area contributed by atoms with Crippen LogP contribution in [0, 0.1) is 11.3 Å². The summed E-state index contributed by atoms with van der Waals surface area (Å²) < 4.78 is 5.23. The third-order valence-corrected chi connectivity index (χ3v) is 3.65. The number of benzene rings is 1. The second-order valence-corrected chi connectivity index (χ2v) is 6.71. The van der Waals surface area contributed by atoms with E-state index in [1.165, 1.54) is 0 Å². The molecule has 1 aliphatic carbocycles. The molecule has 122 valence electrons. The van der Waals surface area contributed by atoms with Crippen molar-refractivity contribution < 1.29 is 14.3 Å². The van der Waals surface area contributed by atoms with Crippen molar-refractivity contribution in [3.63, 3.8) is 0 Å². The van der Waals surface area contributed by atoms with Gasteiger partial charge in [0.2, 0.25) is 5.91 Å². The van der Waals surface area contributed by atoms with Crippen LogP contribution in [-0.4, -0.2) is 23.1 Å². The number of carbonyl (C=O) groups excluding carboxylic acids is 2. The Morgan fingerprint density at radius 3 is 2.26 bits per heavy atom. The van der Waals surface area contributed by atoms with Gasteiger partial charge in [0.25, 0.3) is 0 Å². The summed E-state index contributed by atoms with van der Waals surface area (Å²) in [6, 6.07) is 8.61. The molecule has 2 N–H and O–H groups in total. The van der Waals surface area contributed by atoms with Crippen molar-refractivity contribution in [1.82, 2.24) is 5.32 Å². The minimum atomic E-state index is -0.920. The van der Waals surface area contributed by atoms with Gasteiger partial charge in [0.15, 0.2) is 0 Å². The molecule has 23 heavy (non-hydrogen) atoms. The standard InChI is InChI=1S/C17H21N3O3/c1-16(2,3)23-15(22)20-17(9-4-10-17)14(21)19-13-7-5-12(11-18)6-8-13/h5-8H,4,9-10H2,1-3H3,(H,19,21)(H,20,22). The number of hydrogen-bond acceptors (Lipinski definition) is 4. The second-order valence-electron chi connectivity index (χ2n) is 6.71. The largest absolute Gasteiger partial charge is 0.444 e. The van der Waals surface area contributed by atoms with Crippen molar-refractivity contribution in [1.29, 1.82) is 5.26 Å². The number of anilines is 1. The normalized spacial score (nSPS) is 15.7. The van der Waals surface area contributed by atoms with Gasteiger partial charge < -0.3 is 15.4 Å². The molecule has 0 aliphatic heterocycles. The highest BCUT2D eigenvalue weighted by Gasteiger charge is 2.46. The number of rotatable bonds is 3. The first kappa shape index (κ1) is 16.8. The minimum absolute atomic E-state index is 0.265. The molecule has 0 atom stereocenters. The molecule has 1 saturated carbocycles. The lowest BCUT2D eigenvalue weighted by molar-refractivity contribution is -0.125. The topological polar surface area (TPSA) is 91.2 Å². The summed E-state index contributed by atoms with van der Waals surface area (Å²) in [5.41, 5.74) is -0.422. The predicted octanol–water partition coefficient (Wildman–Crippen LogP) is 2.94. The Bertz CT molecular complexity index is 635. The summed E-state index contributed by atoms with van der Waals surface area (Å²) in [6.45, 7) is 5.32. The molecular weight excluding hydrogens is 294 g/mol. The molecule has 2 amide bonds. The third kappa shape index (κ3) is 4.22. The fourth-order valence-corrected chi connectivity index (χ4v) is 2.32. The highest BCUT2D eigenvalue weighted by atomic mass is 16.6. The van der Waals surface area contributed by atoms with Crippen molar-refractivity contribution >= 4 is 17.7 Å². The lowest BCUT2D eigenvalue weighted by Gasteiger charge is -2.40. The number of nitrogens with zero attached hydrogens (tertiary/aromatic N) is 1. The maximum Gasteiger partial charge on any atom is 0.408 e. The Morgan fingerprint density at radius 2 is 1.83 bits per heavy atom. The SMILES string of the molecule is CC(C)(C)OC(=O)NC1(C(=O)Nc2ccc(C#N)cc2)CCC1. The summed E-state index contributed by atoms with van der Waals surface area (Å²) in [4.78, 5) is 24.5. The molecule has 0 bridgehead atoms. The molecule has 6 heteroatoms. The van der Waals surface area contributed by atoms with Gasteiger partial charge in [0, 0.05) is 5.69 Å². The molecule has 1 aromatic carbocycles. The van der Waals surface area contributed by atoms with Gasteiger partial charge in [-0.1, -0.05) is 0 Å². The number of amides is 2. The number of ether oxygens (including phenoxy) is 1. The molecule has 1 aromatic rings. The molecular formula is C17H21N3O3. The fourth-order valence-electron chi connectivity index (χ4n) is 2.32. The lowest BCUT2D eigenvalue weighted by atomic mass is 9.76. The van der Waals surface area contributed by atoms with Gasteiger partial charge in [-0.3, -0.25) is 4.79 Å². The summed E-state index contributed by atoms with van der Waals surface area (Å²) in [5.74, 6) is -0.265. The highest BCUT2D eigenvalue weighted by molar-refractivity contribution is 6.00. The molecule has 0 radical (unpaired) electrons. The van der Waals surface area contributed by atoms with Gasteiger partial charge in [-0.25, -0.2) is 4.79 Å². The summed E-state index contributed by atoms with van der Waals surface area (Å²) >= 11 is 0. The molecule has 6 nitrogen and oxygen atoms in total. The van der Waals surface area contributed by atoms with Gasteiger partial charge >= 0.3 is 6.09 Å². The van der Waals surface area contributed by atoms with Crippen LogP contribution in [0.4, 0.5) is 10.5 Å². The summed E-state index contributed by atoms with van der Waals surface area (Å²) in [6.07, 6.45) is 1.44. The van der Waals surface area contributed by atoms with Crippen LogP contribution in [0.15, 0.2) is 24.3 Å². The molecule has 0 spiro atoms. The van der Waals surface area contributed by atoms with E-state index in [0.717, 1.165) is 6.42 Å². The van der Waals surface area contributed by atoms with Crippen LogP contribution in [0.25, 0.3) is 0 Å². The van der Waals surface area contributed by atoms with E-state index in [1.54, 1.807) is 45.0 Å². The quantitative estimate of drug-likeness (QED) is 0.897. The van der Waals surface area contributed by atoms with Gasteiger partial charge in [-0.15, -0.1) is 0 Å². The van der Waals surface area contributed by atoms with Crippen molar-refractivity contribution in [2.45, 2.75) is 51.2 Å². The Morgan fingerprint density at radius 1 is 1.22 bits per heavy atom. The molecule has 0 saturated heterocycles. The fraction of sp³-hybridized carbons (Fsp3) is 0.471. The second kappa shape index (κ2) is 6.29. The number of hydrogen-bond donors (Lipinski definition) is 2. The van der Waals surface area contributed by atoms with E-state index in [0.29, 0.717) is 24.1 Å². The van der Waals surface area contributed by atoms with Crippen molar-refractivity contribution in [2.24, 2.45) is 0 Å². The van der Waals surface area contributed by atoms with E-state index in [-0.39, 0.29) is 5.91 Å². The van der Waals surface area contributed by atoms with E-state index >= 15 is 0 Å². The van der Waals surface area contributed by atoms with Crippen LogP contribution < -0.4 is 10.6 Å². The van der Waals surface area contributed by atoms with Gasteiger partial charge in [0.05, 0.1) is 11.6 Å². The number of alkyl carbamates (subject to hydrolysis) is 1. The third-order valence-electron chi connectivity index (χ3n) is 3.65. The van der Waals surface area contributed by atoms with Gasteiger partial charge in [-0.2, -0.15) is 5.26 Å². The van der Waals surface area contributed by atoms with Gasteiger partial charge in [0.1, 0.15) is 11.1 Å². The van der Waals surface area contributed by atoms with Crippen LogP contribution in [0.1, 0.15) is 45.6 Å². The predicted molar refractivity (Wildman–Crippen MR) is 85.7 cm³/mol. The summed E-state index contributed by atoms with van der Waals surface area (Å²) in [5, 5.41) is 14.3. The van der Waals surface area contributed by atoms with Crippen LogP contribution in [0.2, 0.25) is 0 Å². The zero-order valence-corrected chi connectivity index (χ0v) is 13.6. The Labute approximate surface area is 135 Å². The number of nitriles is 1. The van der Waals surface area contributed by atoms with Crippen LogP contribution >= 0.6 is 0 Å². The minimum Gasteiger partial charge on any atom is -0.444 e. The maximum absolute atomic E-state index is 12.5. The zero-order valence-electron chi connectivity index (χ0n) is 13.6. The van der Waals surface area contributed by atoms with Crippen LogP contribution in [0.5, 0.6) is 0 Å². The monoisotopic (exact) mass is 315 g/mol. The van der Waals surface area contributed by atoms with E-state index in [1.807, 2.05) is 6.07 Å². The average Bonchev–Trinajstić information content (AvgIpc) is 2.41. The van der Waals surface area contributed by atoms with Crippen LogP contribution in [0.3, 0.4) is 0 Å². The van der Waals surface area contributed by atoms with Crippen molar-refractivity contribution in [2.75, 3.05) is 5.32 Å². The average molecular weight is 315 g/mol. The first-order valence-electron chi connectivity index (χ1n) is 7.57. The van der Waals surface area contributed by atoms with E-state index in [4.69, 9.17) is 10.00 Å². The number of carbonyl (C=O) groups is 2. The zero-order chi connectivity index (χ0) is 17.1. The van der Waals surface area contributed by atoms with Crippen molar-refractivity contribution in [3.8, 4) is 6.07 Å². The highest BCUT2D eigenvalue weighted by Crippen LogP contribution is 2.33. The van der Waals surface area contributed by atoms with Gasteiger partial charge in [-0.05, 0) is 64.3 Å². The molecule has 0 unspecified atom stereocenters. The molecule has 1 aliphatic rings. The Hall–Kier alpha value is -2.55. The number of nitrogens with one attached hydrogen (secondary N) is 2. The van der Waals surface area contributed by atoms with E-state index in [9.17, 15) is 9.59 Å². The summed E-state index contributed by atoms with van der Waals surface area (Å²) in [7, 11) is 0. The van der Waals surface area contributed by atoms with E-state index in [2.05, 4.69) is 10.6 Å². The molecule has 0 heterocycles. The maximum atomic E-state index is 12.5. The smallest absolute Gasteiger partial charge is 0.408 e. The molecule has 1 fully saturated rings. The molecule has 2 rings (SSSR count). The Balaban J connectivity index is 2.02. The Kier molecular flexibility index (Phi) is 4.60. The first-order valence-corrected chi connectivity index (χ1v) is 7.57. The molecule has 0 aromatic heterocycles. The first-order chi connectivity index (χ1) is 10.7. The van der Waals surface area contributed by atoms with E-state index < -0.39 is 17.2 Å².